The Morgan fingerprint density at radius 1 is 1.05 bits per heavy atom. The van der Waals surface area contributed by atoms with E-state index in [1.165, 1.54) is 4.90 Å². The van der Waals surface area contributed by atoms with Gasteiger partial charge in [-0.3, -0.25) is 4.79 Å². The lowest BCUT2D eigenvalue weighted by Crippen LogP contribution is -2.08. The molecule has 4 heteroatoms. The number of carbonyl (C=O) groups is 1. The summed E-state index contributed by atoms with van der Waals surface area (Å²) in [5, 5.41) is 0. The van der Waals surface area contributed by atoms with Crippen molar-refractivity contribution in [1.29, 1.82) is 0 Å². The SMILES string of the molecule is Nc1ccc(CCC(=O)OCCSc2ccccc2)cc1. The number of hydrogen-bond acceptors (Lipinski definition) is 4. The highest BCUT2D eigenvalue weighted by Gasteiger charge is 2.04. The number of ether oxygens (including phenoxy) is 1. The van der Waals surface area contributed by atoms with Gasteiger partial charge in [-0.15, -0.1) is 11.8 Å². The number of hydrogen-bond donors (Lipinski definition) is 1. The first-order valence-corrected chi connectivity index (χ1v) is 7.90. The second-order valence-corrected chi connectivity index (χ2v) is 5.79. The fourth-order valence-corrected chi connectivity index (χ4v) is 2.59. The summed E-state index contributed by atoms with van der Waals surface area (Å²) in [5.74, 6) is 0.623. The predicted octanol–water partition coefficient (Wildman–Crippen LogP) is 3.54. The summed E-state index contributed by atoms with van der Waals surface area (Å²) in [6.45, 7) is 0.445. The maximum atomic E-state index is 11.6. The number of anilines is 1. The Morgan fingerprint density at radius 2 is 1.76 bits per heavy atom. The summed E-state index contributed by atoms with van der Waals surface area (Å²) in [5.41, 5.74) is 7.45. The van der Waals surface area contributed by atoms with E-state index in [0.717, 1.165) is 17.0 Å². The topological polar surface area (TPSA) is 52.3 Å². The van der Waals surface area contributed by atoms with Gasteiger partial charge in [0.05, 0.1) is 0 Å². The highest BCUT2D eigenvalue weighted by molar-refractivity contribution is 7.99. The first-order chi connectivity index (χ1) is 10.2. The van der Waals surface area contributed by atoms with Crippen molar-refractivity contribution in [3.05, 3.63) is 60.2 Å². The fraction of sp³-hybridized carbons (Fsp3) is 0.235. The molecule has 3 nitrogen and oxygen atoms in total. The van der Waals surface area contributed by atoms with E-state index in [2.05, 4.69) is 0 Å². The van der Waals surface area contributed by atoms with Gasteiger partial charge in [-0.2, -0.15) is 0 Å². The van der Waals surface area contributed by atoms with Crippen molar-refractivity contribution >= 4 is 23.4 Å². The standard InChI is InChI=1S/C17H19NO2S/c18-15-9-6-14(7-10-15)8-11-17(19)20-12-13-21-16-4-2-1-3-5-16/h1-7,9-10H,8,11-13,18H2. The Labute approximate surface area is 129 Å². The molecule has 21 heavy (non-hydrogen) atoms. The molecule has 2 aromatic carbocycles. The number of rotatable bonds is 7. The molecule has 0 aliphatic carbocycles. The minimum Gasteiger partial charge on any atom is -0.465 e. The summed E-state index contributed by atoms with van der Waals surface area (Å²) >= 11 is 1.69. The summed E-state index contributed by atoms with van der Waals surface area (Å²) in [6.07, 6.45) is 1.09. The molecule has 0 heterocycles. The lowest BCUT2D eigenvalue weighted by Gasteiger charge is -2.05. The van der Waals surface area contributed by atoms with Crippen LogP contribution in [-0.4, -0.2) is 18.3 Å². The molecular formula is C17H19NO2S. The second kappa shape index (κ2) is 8.37. The van der Waals surface area contributed by atoms with Crippen molar-refractivity contribution in [2.75, 3.05) is 18.1 Å². The quantitative estimate of drug-likeness (QED) is 0.368. The monoisotopic (exact) mass is 301 g/mol. The third kappa shape index (κ3) is 5.92. The molecule has 2 aromatic rings. The van der Waals surface area contributed by atoms with Crippen molar-refractivity contribution in [1.82, 2.24) is 0 Å². The maximum absolute atomic E-state index is 11.6. The Bertz CT molecular complexity index is 555. The number of carbonyl (C=O) groups excluding carboxylic acids is 1. The Morgan fingerprint density at radius 3 is 2.48 bits per heavy atom. The zero-order valence-corrected chi connectivity index (χ0v) is 12.6. The normalized spacial score (nSPS) is 10.3. The van der Waals surface area contributed by atoms with Crippen molar-refractivity contribution < 1.29 is 9.53 Å². The van der Waals surface area contributed by atoms with Gasteiger partial charge in [-0.1, -0.05) is 30.3 Å². The lowest BCUT2D eigenvalue weighted by molar-refractivity contribution is -0.142. The first kappa shape index (κ1) is 15.4. The van der Waals surface area contributed by atoms with Crippen LogP contribution in [0.3, 0.4) is 0 Å². The zero-order valence-electron chi connectivity index (χ0n) is 11.8. The average Bonchev–Trinajstić information content (AvgIpc) is 2.52. The summed E-state index contributed by atoms with van der Waals surface area (Å²) < 4.78 is 5.22. The van der Waals surface area contributed by atoms with Crippen LogP contribution in [0.25, 0.3) is 0 Å². The molecule has 0 aliphatic rings. The van der Waals surface area contributed by atoms with Gasteiger partial charge >= 0.3 is 5.97 Å². The lowest BCUT2D eigenvalue weighted by atomic mass is 10.1. The molecule has 0 aliphatic heterocycles. The van der Waals surface area contributed by atoms with E-state index in [0.29, 0.717) is 19.4 Å². The molecule has 110 valence electrons. The molecule has 0 saturated heterocycles. The number of nitrogen functional groups attached to an aromatic ring is 1. The minimum absolute atomic E-state index is 0.152. The number of thioether (sulfide) groups is 1. The minimum atomic E-state index is -0.152. The molecule has 0 saturated carbocycles. The van der Waals surface area contributed by atoms with E-state index in [9.17, 15) is 4.79 Å². The molecule has 0 spiro atoms. The van der Waals surface area contributed by atoms with Gasteiger partial charge in [-0.05, 0) is 36.2 Å². The van der Waals surface area contributed by atoms with E-state index < -0.39 is 0 Å². The molecule has 0 bridgehead atoms. The molecule has 0 fully saturated rings. The highest BCUT2D eigenvalue weighted by Crippen LogP contribution is 2.16. The Kier molecular flexibility index (Phi) is 6.16. The molecule has 0 unspecified atom stereocenters. The van der Waals surface area contributed by atoms with Gasteiger partial charge in [-0.25, -0.2) is 0 Å². The van der Waals surface area contributed by atoms with Gasteiger partial charge < -0.3 is 10.5 Å². The van der Waals surface area contributed by atoms with Gasteiger partial charge in [0.2, 0.25) is 0 Å². The smallest absolute Gasteiger partial charge is 0.306 e. The van der Waals surface area contributed by atoms with Crippen molar-refractivity contribution in [2.24, 2.45) is 0 Å². The fourth-order valence-electron chi connectivity index (χ4n) is 1.83. The third-order valence-electron chi connectivity index (χ3n) is 2.96. The van der Waals surface area contributed by atoms with Crippen LogP contribution in [0.1, 0.15) is 12.0 Å². The number of nitrogens with two attached hydrogens (primary N) is 1. The van der Waals surface area contributed by atoms with Gasteiger partial charge in [0.25, 0.3) is 0 Å². The van der Waals surface area contributed by atoms with Crippen LogP contribution in [0.2, 0.25) is 0 Å². The van der Waals surface area contributed by atoms with Gasteiger partial charge in [0.15, 0.2) is 0 Å². The van der Waals surface area contributed by atoms with Crippen LogP contribution in [0.15, 0.2) is 59.5 Å². The van der Waals surface area contributed by atoms with Crippen molar-refractivity contribution in [3.63, 3.8) is 0 Å². The molecule has 0 amide bonds. The zero-order chi connectivity index (χ0) is 14.9. The maximum Gasteiger partial charge on any atom is 0.306 e. The van der Waals surface area contributed by atoms with Crippen LogP contribution >= 0.6 is 11.8 Å². The van der Waals surface area contributed by atoms with Crippen LogP contribution in [0.4, 0.5) is 5.69 Å². The van der Waals surface area contributed by atoms with E-state index >= 15 is 0 Å². The van der Waals surface area contributed by atoms with Crippen molar-refractivity contribution in [3.8, 4) is 0 Å². The molecule has 0 atom stereocenters. The summed E-state index contributed by atoms with van der Waals surface area (Å²) in [7, 11) is 0. The molecular weight excluding hydrogens is 282 g/mol. The largest absolute Gasteiger partial charge is 0.465 e. The average molecular weight is 301 g/mol. The molecule has 0 aromatic heterocycles. The predicted molar refractivity (Wildman–Crippen MR) is 87.3 cm³/mol. The summed E-state index contributed by atoms with van der Waals surface area (Å²) in [6, 6.07) is 17.7. The Balaban J connectivity index is 1.60. The molecule has 2 rings (SSSR count). The van der Waals surface area contributed by atoms with Crippen LogP contribution < -0.4 is 5.73 Å². The van der Waals surface area contributed by atoms with Gasteiger partial charge in [0, 0.05) is 22.8 Å². The van der Waals surface area contributed by atoms with Crippen LogP contribution in [0, 0.1) is 0 Å². The van der Waals surface area contributed by atoms with E-state index in [1.807, 2.05) is 54.6 Å². The van der Waals surface area contributed by atoms with E-state index in [-0.39, 0.29) is 5.97 Å². The van der Waals surface area contributed by atoms with E-state index in [4.69, 9.17) is 10.5 Å². The number of esters is 1. The van der Waals surface area contributed by atoms with E-state index in [1.54, 1.807) is 11.8 Å². The highest BCUT2D eigenvalue weighted by atomic mass is 32.2. The molecule has 0 radical (unpaired) electrons. The summed E-state index contributed by atoms with van der Waals surface area (Å²) in [4.78, 5) is 12.8. The van der Waals surface area contributed by atoms with Gasteiger partial charge in [0.1, 0.15) is 6.61 Å². The Hall–Kier alpha value is -1.94. The first-order valence-electron chi connectivity index (χ1n) is 6.92. The number of aryl methyl sites for hydroxylation is 1. The molecule has 2 N–H and O–H groups in total. The number of benzene rings is 2. The third-order valence-corrected chi connectivity index (χ3v) is 3.93. The second-order valence-electron chi connectivity index (χ2n) is 4.62. The van der Waals surface area contributed by atoms with Crippen LogP contribution in [0.5, 0.6) is 0 Å². The van der Waals surface area contributed by atoms with Crippen molar-refractivity contribution in [2.45, 2.75) is 17.7 Å². The van der Waals surface area contributed by atoms with Crippen LogP contribution in [-0.2, 0) is 16.0 Å².